The number of nitrogen functional groups attached to an aromatic ring is 1. The van der Waals surface area contributed by atoms with Crippen molar-refractivity contribution in [1.29, 1.82) is 0 Å². The summed E-state index contributed by atoms with van der Waals surface area (Å²) in [7, 11) is 0. The molecule has 1 aromatic rings. The Bertz CT molecular complexity index is 474. The van der Waals surface area contributed by atoms with Crippen molar-refractivity contribution in [3.8, 4) is 0 Å². The van der Waals surface area contributed by atoms with E-state index in [1.54, 1.807) is 0 Å². The van der Waals surface area contributed by atoms with Gasteiger partial charge >= 0.3 is 0 Å². The number of halogens is 2. The van der Waals surface area contributed by atoms with Crippen molar-refractivity contribution in [1.82, 2.24) is 5.32 Å². The Morgan fingerprint density at radius 3 is 2.68 bits per heavy atom. The topological polar surface area (TPSA) is 64.4 Å². The van der Waals surface area contributed by atoms with E-state index >= 15 is 0 Å². The Morgan fingerprint density at radius 1 is 1.32 bits per heavy atom. The van der Waals surface area contributed by atoms with Crippen molar-refractivity contribution in [2.45, 2.75) is 12.8 Å². The maximum absolute atomic E-state index is 13.5. The largest absolute Gasteiger partial charge is 0.396 e. The highest BCUT2D eigenvalue weighted by atomic mass is 19.1. The van der Waals surface area contributed by atoms with Crippen molar-refractivity contribution in [3.63, 3.8) is 0 Å². The molecule has 0 bridgehead atoms. The number of nitrogens with two attached hydrogens (primary N) is 1. The molecule has 1 amide bonds. The lowest BCUT2D eigenvalue weighted by atomic mass is 10.0. The first-order valence-corrected chi connectivity index (χ1v) is 6.18. The summed E-state index contributed by atoms with van der Waals surface area (Å²) in [5.74, 6) is -2.01. The van der Waals surface area contributed by atoms with Crippen molar-refractivity contribution < 1.29 is 18.3 Å². The quantitative estimate of drug-likeness (QED) is 0.822. The predicted molar refractivity (Wildman–Crippen MR) is 66.6 cm³/mol. The molecule has 19 heavy (non-hydrogen) atoms. The summed E-state index contributed by atoms with van der Waals surface area (Å²) >= 11 is 0. The van der Waals surface area contributed by atoms with Crippen LogP contribution in [0.15, 0.2) is 12.1 Å². The third kappa shape index (κ3) is 3.41. The van der Waals surface area contributed by atoms with Gasteiger partial charge in [-0.15, -0.1) is 0 Å². The molecule has 0 radical (unpaired) electrons. The van der Waals surface area contributed by atoms with E-state index in [4.69, 9.17) is 10.5 Å². The van der Waals surface area contributed by atoms with Crippen LogP contribution in [0.4, 0.5) is 14.5 Å². The molecule has 6 heteroatoms. The second kappa shape index (κ2) is 5.97. The van der Waals surface area contributed by atoms with E-state index in [1.807, 2.05) is 0 Å². The first kappa shape index (κ1) is 13.7. The van der Waals surface area contributed by atoms with Crippen LogP contribution in [0, 0.1) is 17.6 Å². The summed E-state index contributed by atoms with van der Waals surface area (Å²) in [6.45, 7) is 1.82. The van der Waals surface area contributed by atoms with Crippen molar-refractivity contribution in [2.24, 2.45) is 5.92 Å². The van der Waals surface area contributed by atoms with E-state index in [0.29, 0.717) is 31.7 Å². The molecule has 0 spiro atoms. The smallest absolute Gasteiger partial charge is 0.254 e. The van der Waals surface area contributed by atoms with E-state index in [1.165, 1.54) is 0 Å². The highest BCUT2D eigenvalue weighted by molar-refractivity contribution is 5.95. The molecule has 2 rings (SSSR count). The van der Waals surface area contributed by atoms with Crippen LogP contribution in [0.2, 0.25) is 0 Å². The highest BCUT2D eigenvalue weighted by Gasteiger charge is 2.18. The molecule has 1 fully saturated rings. The minimum absolute atomic E-state index is 0.231. The number of anilines is 1. The summed E-state index contributed by atoms with van der Waals surface area (Å²) in [6.07, 6.45) is 1.74. The van der Waals surface area contributed by atoms with Gasteiger partial charge in [0.25, 0.3) is 5.91 Å². The maximum atomic E-state index is 13.5. The minimum Gasteiger partial charge on any atom is -0.396 e. The van der Waals surface area contributed by atoms with Crippen LogP contribution in [-0.4, -0.2) is 25.7 Å². The summed E-state index contributed by atoms with van der Waals surface area (Å²) in [5, 5.41) is 2.64. The molecule has 0 aromatic heterocycles. The second-order valence-electron chi connectivity index (χ2n) is 4.62. The molecule has 0 saturated carbocycles. The zero-order chi connectivity index (χ0) is 13.8. The third-order valence-corrected chi connectivity index (χ3v) is 3.22. The van der Waals surface area contributed by atoms with Gasteiger partial charge in [0.1, 0.15) is 11.6 Å². The Balaban J connectivity index is 1.97. The van der Waals surface area contributed by atoms with Gasteiger partial charge < -0.3 is 15.8 Å². The fraction of sp³-hybridized carbons (Fsp3) is 0.462. The molecule has 1 aliphatic heterocycles. The molecule has 1 aliphatic rings. The molecule has 3 N–H and O–H groups in total. The number of carbonyl (C=O) groups excluding carboxylic acids is 1. The molecule has 0 unspecified atom stereocenters. The van der Waals surface area contributed by atoms with Gasteiger partial charge in [-0.2, -0.15) is 0 Å². The van der Waals surface area contributed by atoms with Crippen molar-refractivity contribution in [2.75, 3.05) is 25.5 Å². The van der Waals surface area contributed by atoms with Gasteiger partial charge in [-0.1, -0.05) is 0 Å². The molecule has 104 valence electrons. The summed E-state index contributed by atoms with van der Waals surface area (Å²) in [6, 6.07) is 1.64. The van der Waals surface area contributed by atoms with Crippen LogP contribution < -0.4 is 11.1 Å². The fourth-order valence-corrected chi connectivity index (χ4v) is 2.02. The molecule has 1 heterocycles. The van der Waals surface area contributed by atoms with Crippen LogP contribution in [0.3, 0.4) is 0 Å². The lowest BCUT2D eigenvalue weighted by molar-refractivity contribution is 0.0642. The van der Waals surface area contributed by atoms with Crippen molar-refractivity contribution in [3.05, 3.63) is 29.3 Å². The maximum Gasteiger partial charge on any atom is 0.254 e. The van der Waals surface area contributed by atoms with Gasteiger partial charge in [0.05, 0.1) is 11.3 Å². The molecule has 0 atom stereocenters. The standard InChI is InChI=1S/C13H16F2N2O2/c14-10-6-11(15)12(16)5-9(10)13(18)17-7-8-1-3-19-4-2-8/h5-6,8H,1-4,7,16H2,(H,17,18). The first-order chi connectivity index (χ1) is 9.08. The lowest BCUT2D eigenvalue weighted by Gasteiger charge is -2.22. The summed E-state index contributed by atoms with van der Waals surface area (Å²) < 4.78 is 31.7. The van der Waals surface area contributed by atoms with E-state index in [9.17, 15) is 13.6 Å². The van der Waals surface area contributed by atoms with Gasteiger partial charge in [-0.25, -0.2) is 8.78 Å². The highest BCUT2D eigenvalue weighted by Crippen LogP contribution is 2.17. The zero-order valence-electron chi connectivity index (χ0n) is 10.4. The van der Waals surface area contributed by atoms with Crippen LogP contribution in [0.25, 0.3) is 0 Å². The Labute approximate surface area is 109 Å². The lowest BCUT2D eigenvalue weighted by Crippen LogP contribution is -2.32. The van der Waals surface area contributed by atoms with Gasteiger partial charge in [0.2, 0.25) is 0 Å². The molecule has 0 aliphatic carbocycles. The number of nitrogens with one attached hydrogen (secondary N) is 1. The Hall–Kier alpha value is -1.69. The number of hydrogen-bond donors (Lipinski definition) is 2. The number of amides is 1. The number of hydrogen-bond acceptors (Lipinski definition) is 3. The molecular weight excluding hydrogens is 254 g/mol. The average Bonchev–Trinajstić information content (AvgIpc) is 2.41. The molecule has 1 aromatic carbocycles. The fourth-order valence-electron chi connectivity index (χ4n) is 2.02. The van der Waals surface area contributed by atoms with Gasteiger partial charge in [-0.05, 0) is 24.8 Å². The zero-order valence-corrected chi connectivity index (χ0v) is 10.4. The Kier molecular flexibility index (Phi) is 4.31. The number of carbonyl (C=O) groups is 1. The normalized spacial score (nSPS) is 16.3. The van der Waals surface area contributed by atoms with Gasteiger partial charge in [0, 0.05) is 25.8 Å². The van der Waals surface area contributed by atoms with Gasteiger partial charge in [0.15, 0.2) is 0 Å². The van der Waals surface area contributed by atoms with Crippen LogP contribution in [0.5, 0.6) is 0 Å². The number of benzene rings is 1. The van der Waals surface area contributed by atoms with Crippen LogP contribution in [0.1, 0.15) is 23.2 Å². The average molecular weight is 270 g/mol. The predicted octanol–water partition coefficient (Wildman–Crippen LogP) is 1.70. The van der Waals surface area contributed by atoms with Gasteiger partial charge in [-0.3, -0.25) is 4.79 Å². The van der Waals surface area contributed by atoms with Crippen LogP contribution >= 0.6 is 0 Å². The second-order valence-corrected chi connectivity index (χ2v) is 4.62. The minimum atomic E-state index is -0.906. The summed E-state index contributed by atoms with van der Waals surface area (Å²) in [4.78, 5) is 11.8. The molecule has 4 nitrogen and oxygen atoms in total. The SMILES string of the molecule is Nc1cc(C(=O)NCC2CCOCC2)c(F)cc1F. The van der Waals surface area contributed by atoms with E-state index in [-0.39, 0.29) is 11.3 Å². The van der Waals surface area contributed by atoms with Crippen molar-refractivity contribution >= 4 is 11.6 Å². The van der Waals surface area contributed by atoms with E-state index in [0.717, 1.165) is 18.9 Å². The van der Waals surface area contributed by atoms with E-state index in [2.05, 4.69) is 5.32 Å². The molecule has 1 saturated heterocycles. The third-order valence-electron chi connectivity index (χ3n) is 3.22. The first-order valence-electron chi connectivity index (χ1n) is 6.18. The number of ether oxygens (including phenoxy) is 1. The molecular formula is C13H16F2N2O2. The summed E-state index contributed by atoms with van der Waals surface area (Å²) in [5.41, 5.74) is 4.86. The van der Waals surface area contributed by atoms with Crippen LogP contribution in [-0.2, 0) is 4.74 Å². The number of rotatable bonds is 3. The van der Waals surface area contributed by atoms with E-state index < -0.39 is 17.5 Å². The monoisotopic (exact) mass is 270 g/mol. The Morgan fingerprint density at radius 2 is 2.00 bits per heavy atom.